The molecule has 0 bridgehead atoms. The van der Waals surface area contributed by atoms with Gasteiger partial charge in [-0.2, -0.15) is 0 Å². The summed E-state index contributed by atoms with van der Waals surface area (Å²) in [5, 5.41) is 0. The van der Waals surface area contributed by atoms with Crippen molar-refractivity contribution in [2.24, 2.45) is 11.7 Å². The lowest BCUT2D eigenvalue weighted by atomic mass is 9.88. The Morgan fingerprint density at radius 3 is 1.63 bits per heavy atom. The van der Waals surface area contributed by atoms with Crippen LogP contribution in [-0.2, 0) is 9.53 Å². The van der Waals surface area contributed by atoms with Crippen LogP contribution in [0.4, 0.5) is 0 Å². The Kier molecular flexibility index (Phi) is 8.89. The van der Waals surface area contributed by atoms with Crippen LogP contribution in [0.1, 0.15) is 77.0 Å². The Bertz CT molecular complexity index is 229. The number of rotatable bonds is 2. The first-order chi connectivity index (χ1) is 9.25. The molecule has 0 spiro atoms. The topological polar surface area (TPSA) is 52.3 Å². The van der Waals surface area contributed by atoms with Gasteiger partial charge >= 0.3 is 5.97 Å². The van der Waals surface area contributed by atoms with Crippen LogP contribution in [0.25, 0.3) is 0 Å². The fraction of sp³-hybridized carbons (Fsp3) is 0.938. The first kappa shape index (κ1) is 16.5. The fourth-order valence-electron chi connectivity index (χ4n) is 3.06. The van der Waals surface area contributed by atoms with E-state index in [-0.39, 0.29) is 5.97 Å². The molecule has 0 aromatic heterocycles. The standard InChI is InChI=1S/C16H31NO2/c1-19-16(18)15(17)14-12-10-8-6-4-2-3-5-7-9-11-13-14/h14-15H,2-13,17H2,1H3. The number of nitrogens with two attached hydrogens (primary N) is 1. The molecule has 3 nitrogen and oxygen atoms in total. The highest BCUT2D eigenvalue weighted by atomic mass is 16.5. The second-order valence-corrected chi connectivity index (χ2v) is 5.92. The largest absolute Gasteiger partial charge is 0.468 e. The zero-order valence-corrected chi connectivity index (χ0v) is 12.5. The summed E-state index contributed by atoms with van der Waals surface area (Å²) >= 11 is 0. The van der Waals surface area contributed by atoms with Gasteiger partial charge in [0.1, 0.15) is 6.04 Å². The van der Waals surface area contributed by atoms with Crippen LogP contribution in [-0.4, -0.2) is 19.1 Å². The van der Waals surface area contributed by atoms with Gasteiger partial charge in [-0.3, -0.25) is 4.79 Å². The molecule has 0 radical (unpaired) electrons. The van der Waals surface area contributed by atoms with Gasteiger partial charge in [0.05, 0.1) is 7.11 Å². The summed E-state index contributed by atoms with van der Waals surface area (Å²) in [5.74, 6) is 0.0718. The summed E-state index contributed by atoms with van der Waals surface area (Å²) in [4.78, 5) is 11.6. The summed E-state index contributed by atoms with van der Waals surface area (Å²) in [6.45, 7) is 0. The van der Waals surface area contributed by atoms with Gasteiger partial charge in [0.15, 0.2) is 0 Å². The van der Waals surface area contributed by atoms with Crippen molar-refractivity contribution in [2.45, 2.75) is 83.1 Å². The van der Waals surface area contributed by atoms with Gasteiger partial charge in [-0.25, -0.2) is 0 Å². The molecule has 0 heterocycles. The van der Waals surface area contributed by atoms with E-state index < -0.39 is 6.04 Å². The molecule has 0 amide bonds. The molecule has 1 fully saturated rings. The van der Waals surface area contributed by atoms with E-state index in [0.29, 0.717) is 5.92 Å². The van der Waals surface area contributed by atoms with Gasteiger partial charge in [-0.05, 0) is 18.8 Å². The van der Waals surface area contributed by atoms with Gasteiger partial charge in [0.25, 0.3) is 0 Å². The SMILES string of the molecule is COC(=O)C(N)C1CCCCCCCCCCCC1. The van der Waals surface area contributed by atoms with Crippen LogP contribution in [0, 0.1) is 5.92 Å². The lowest BCUT2D eigenvalue weighted by Gasteiger charge is -2.22. The molecule has 0 saturated heterocycles. The zero-order chi connectivity index (χ0) is 13.9. The number of methoxy groups -OCH3 is 1. The lowest BCUT2D eigenvalue weighted by molar-refractivity contribution is -0.143. The lowest BCUT2D eigenvalue weighted by Crippen LogP contribution is -2.39. The van der Waals surface area contributed by atoms with Crippen LogP contribution < -0.4 is 5.73 Å². The monoisotopic (exact) mass is 269 g/mol. The minimum absolute atomic E-state index is 0.241. The normalized spacial score (nSPS) is 22.6. The smallest absolute Gasteiger partial charge is 0.322 e. The first-order valence-electron chi connectivity index (χ1n) is 8.09. The highest BCUT2D eigenvalue weighted by Crippen LogP contribution is 2.23. The number of esters is 1. The molecule has 3 heteroatoms. The van der Waals surface area contributed by atoms with Crippen molar-refractivity contribution in [1.29, 1.82) is 0 Å². The molecule has 2 N–H and O–H groups in total. The predicted octanol–water partition coefficient (Wildman–Crippen LogP) is 3.80. The quantitative estimate of drug-likeness (QED) is 0.776. The van der Waals surface area contributed by atoms with Crippen molar-refractivity contribution in [1.82, 2.24) is 0 Å². The first-order valence-corrected chi connectivity index (χ1v) is 8.09. The fourth-order valence-corrected chi connectivity index (χ4v) is 3.06. The molecule has 112 valence electrons. The second kappa shape index (κ2) is 10.2. The van der Waals surface area contributed by atoms with E-state index in [1.807, 2.05) is 0 Å². The van der Waals surface area contributed by atoms with Crippen molar-refractivity contribution in [3.05, 3.63) is 0 Å². The van der Waals surface area contributed by atoms with E-state index in [4.69, 9.17) is 10.5 Å². The summed E-state index contributed by atoms with van der Waals surface area (Å²) in [7, 11) is 1.43. The van der Waals surface area contributed by atoms with E-state index in [1.54, 1.807) is 0 Å². The Balaban J connectivity index is 2.43. The van der Waals surface area contributed by atoms with Gasteiger partial charge in [0.2, 0.25) is 0 Å². The van der Waals surface area contributed by atoms with Crippen LogP contribution in [0.2, 0.25) is 0 Å². The number of hydrogen-bond acceptors (Lipinski definition) is 3. The third-order valence-corrected chi connectivity index (χ3v) is 4.38. The van der Waals surface area contributed by atoms with Gasteiger partial charge in [0, 0.05) is 0 Å². The molecule has 0 aromatic carbocycles. The molecule has 0 aliphatic heterocycles. The maximum Gasteiger partial charge on any atom is 0.322 e. The van der Waals surface area contributed by atoms with Crippen LogP contribution in [0.15, 0.2) is 0 Å². The maximum absolute atomic E-state index is 11.6. The molecular weight excluding hydrogens is 238 g/mol. The Labute approximate surface area is 118 Å². The minimum atomic E-state index is -0.421. The molecule has 0 aromatic rings. The van der Waals surface area contributed by atoms with Crippen molar-refractivity contribution >= 4 is 5.97 Å². The molecule has 1 aliphatic rings. The van der Waals surface area contributed by atoms with Crippen molar-refractivity contribution < 1.29 is 9.53 Å². The highest BCUT2D eigenvalue weighted by molar-refractivity contribution is 5.75. The number of ether oxygens (including phenoxy) is 1. The zero-order valence-electron chi connectivity index (χ0n) is 12.5. The minimum Gasteiger partial charge on any atom is -0.468 e. The molecule has 1 rings (SSSR count). The van der Waals surface area contributed by atoms with Gasteiger partial charge in [-0.1, -0.05) is 64.2 Å². The molecule has 1 aliphatic carbocycles. The van der Waals surface area contributed by atoms with Gasteiger partial charge < -0.3 is 10.5 Å². The molecule has 1 saturated carbocycles. The van der Waals surface area contributed by atoms with Crippen molar-refractivity contribution in [2.75, 3.05) is 7.11 Å². The predicted molar refractivity (Wildman–Crippen MR) is 78.9 cm³/mol. The Morgan fingerprint density at radius 1 is 0.895 bits per heavy atom. The Hall–Kier alpha value is -0.570. The van der Waals surface area contributed by atoms with Crippen molar-refractivity contribution in [3.8, 4) is 0 Å². The molecule has 1 unspecified atom stereocenters. The average molecular weight is 269 g/mol. The van der Waals surface area contributed by atoms with E-state index in [0.717, 1.165) is 12.8 Å². The molecule has 19 heavy (non-hydrogen) atoms. The summed E-state index contributed by atoms with van der Waals surface area (Å²) in [5.41, 5.74) is 6.04. The third kappa shape index (κ3) is 6.95. The number of hydrogen-bond donors (Lipinski definition) is 1. The van der Waals surface area contributed by atoms with E-state index >= 15 is 0 Å². The van der Waals surface area contributed by atoms with E-state index in [1.165, 1.54) is 71.3 Å². The van der Waals surface area contributed by atoms with Gasteiger partial charge in [-0.15, -0.1) is 0 Å². The van der Waals surface area contributed by atoms with E-state index in [9.17, 15) is 4.79 Å². The van der Waals surface area contributed by atoms with Crippen LogP contribution in [0.5, 0.6) is 0 Å². The van der Waals surface area contributed by atoms with Crippen LogP contribution in [0.3, 0.4) is 0 Å². The maximum atomic E-state index is 11.6. The summed E-state index contributed by atoms with van der Waals surface area (Å²) in [6.07, 6.45) is 15.3. The molecule has 1 atom stereocenters. The van der Waals surface area contributed by atoms with Crippen LogP contribution >= 0.6 is 0 Å². The average Bonchev–Trinajstić information content (AvgIpc) is 2.46. The number of carbonyl (C=O) groups is 1. The Morgan fingerprint density at radius 2 is 1.26 bits per heavy atom. The van der Waals surface area contributed by atoms with Crippen molar-refractivity contribution in [3.63, 3.8) is 0 Å². The highest BCUT2D eigenvalue weighted by Gasteiger charge is 2.24. The summed E-state index contributed by atoms with van der Waals surface area (Å²) in [6, 6.07) is -0.421. The van der Waals surface area contributed by atoms with E-state index in [2.05, 4.69) is 0 Å². The second-order valence-electron chi connectivity index (χ2n) is 5.92. The number of carbonyl (C=O) groups excluding carboxylic acids is 1. The summed E-state index contributed by atoms with van der Waals surface area (Å²) < 4.78 is 4.79. The molecular formula is C16H31NO2. The third-order valence-electron chi connectivity index (χ3n) is 4.38.